The van der Waals surface area contributed by atoms with Gasteiger partial charge in [0.1, 0.15) is 0 Å². The molecule has 1 rings (SSSR count). The highest BCUT2D eigenvalue weighted by Crippen LogP contribution is 2.05. The number of amides is 1. The Morgan fingerprint density at radius 1 is 1.77 bits per heavy atom. The summed E-state index contributed by atoms with van der Waals surface area (Å²) >= 11 is 0. The highest BCUT2D eigenvalue weighted by atomic mass is 16.5. The van der Waals surface area contributed by atoms with Crippen molar-refractivity contribution in [2.24, 2.45) is 4.99 Å². The Balaban J connectivity index is 2.84. The molecule has 4 nitrogen and oxygen atoms in total. The van der Waals surface area contributed by atoms with Gasteiger partial charge in [0.15, 0.2) is 18.2 Å². The fourth-order valence-corrected chi connectivity index (χ4v) is 0.970. The summed E-state index contributed by atoms with van der Waals surface area (Å²) in [5.41, 5.74) is 0. The lowest BCUT2D eigenvalue weighted by Crippen LogP contribution is -2.40. The van der Waals surface area contributed by atoms with Gasteiger partial charge in [-0.2, -0.15) is 0 Å². The standard InChI is InChI=1S/C9H12N2O2/c1-3-5-7-9(10-4-2)11-8(12)6-13-7/h4-5H,2-3,6H2,1H3,(H,10,11,12)/b7-5+. The van der Waals surface area contributed by atoms with E-state index in [9.17, 15) is 4.79 Å². The number of morpholine rings is 1. The molecule has 0 aromatic heterocycles. The van der Waals surface area contributed by atoms with Gasteiger partial charge in [-0.1, -0.05) is 13.5 Å². The number of hydrogen-bond acceptors (Lipinski definition) is 3. The monoisotopic (exact) mass is 180 g/mol. The smallest absolute Gasteiger partial charge is 0.263 e. The molecule has 0 radical (unpaired) electrons. The molecule has 1 fully saturated rings. The average molecular weight is 180 g/mol. The van der Waals surface area contributed by atoms with Gasteiger partial charge in [0.2, 0.25) is 0 Å². The van der Waals surface area contributed by atoms with Crippen LogP contribution in [0.1, 0.15) is 13.3 Å². The Morgan fingerprint density at radius 2 is 2.54 bits per heavy atom. The lowest BCUT2D eigenvalue weighted by Gasteiger charge is -2.18. The van der Waals surface area contributed by atoms with Crippen LogP contribution < -0.4 is 5.32 Å². The molecule has 1 aliphatic rings. The number of rotatable bonds is 2. The first-order valence-electron chi connectivity index (χ1n) is 4.09. The van der Waals surface area contributed by atoms with Crippen LogP contribution in [0, 0.1) is 0 Å². The number of nitrogens with zero attached hydrogens (tertiary/aromatic N) is 1. The molecule has 4 heteroatoms. The van der Waals surface area contributed by atoms with Crippen LogP contribution in [0.3, 0.4) is 0 Å². The molecule has 13 heavy (non-hydrogen) atoms. The summed E-state index contributed by atoms with van der Waals surface area (Å²) in [5, 5.41) is 2.60. The number of carbonyl (C=O) groups excluding carboxylic acids is 1. The van der Waals surface area contributed by atoms with E-state index in [2.05, 4.69) is 16.9 Å². The van der Waals surface area contributed by atoms with Crippen molar-refractivity contribution in [3.05, 3.63) is 24.6 Å². The van der Waals surface area contributed by atoms with Crippen LogP contribution in [0.2, 0.25) is 0 Å². The highest BCUT2D eigenvalue weighted by molar-refractivity contribution is 6.09. The molecule has 70 valence electrons. The first-order chi connectivity index (χ1) is 6.27. The minimum absolute atomic E-state index is 0.0575. The third-order valence-corrected chi connectivity index (χ3v) is 1.46. The third-order valence-electron chi connectivity index (χ3n) is 1.46. The summed E-state index contributed by atoms with van der Waals surface area (Å²) in [7, 11) is 0. The molecule has 0 unspecified atom stereocenters. The molecule has 0 spiro atoms. The zero-order valence-corrected chi connectivity index (χ0v) is 7.54. The molecule has 0 atom stereocenters. The van der Waals surface area contributed by atoms with E-state index in [-0.39, 0.29) is 12.5 Å². The van der Waals surface area contributed by atoms with Crippen molar-refractivity contribution >= 4 is 11.7 Å². The number of ether oxygens (including phenoxy) is 1. The summed E-state index contributed by atoms with van der Waals surface area (Å²) in [6.07, 6.45) is 4.07. The van der Waals surface area contributed by atoms with Gasteiger partial charge in [0.05, 0.1) is 0 Å². The van der Waals surface area contributed by atoms with Gasteiger partial charge in [-0.15, -0.1) is 0 Å². The fraction of sp³-hybridized carbons (Fsp3) is 0.333. The fourth-order valence-electron chi connectivity index (χ4n) is 0.970. The molecule has 0 bridgehead atoms. The zero-order valence-electron chi connectivity index (χ0n) is 7.54. The molecule has 1 N–H and O–H groups in total. The van der Waals surface area contributed by atoms with Crippen LogP contribution in [-0.4, -0.2) is 18.3 Å². The lowest BCUT2D eigenvalue weighted by molar-refractivity contribution is -0.123. The van der Waals surface area contributed by atoms with Crippen LogP contribution in [-0.2, 0) is 9.53 Å². The molecular weight excluding hydrogens is 168 g/mol. The predicted molar refractivity (Wildman–Crippen MR) is 50.1 cm³/mol. The van der Waals surface area contributed by atoms with Gasteiger partial charge in [0, 0.05) is 6.20 Å². The lowest BCUT2D eigenvalue weighted by atomic mass is 10.3. The molecular formula is C9H12N2O2. The SMILES string of the molecule is C=CN=C1NC(=O)CO/C1=C/CC. The van der Waals surface area contributed by atoms with Gasteiger partial charge in [0.25, 0.3) is 5.91 Å². The van der Waals surface area contributed by atoms with Crippen molar-refractivity contribution in [3.8, 4) is 0 Å². The first kappa shape index (κ1) is 9.51. The van der Waals surface area contributed by atoms with Gasteiger partial charge >= 0.3 is 0 Å². The summed E-state index contributed by atoms with van der Waals surface area (Å²) in [6.45, 7) is 5.49. The van der Waals surface area contributed by atoms with Crippen molar-refractivity contribution in [3.63, 3.8) is 0 Å². The molecule has 0 aromatic rings. The van der Waals surface area contributed by atoms with Crippen LogP contribution in [0.4, 0.5) is 0 Å². The molecule has 1 heterocycles. The van der Waals surface area contributed by atoms with Crippen LogP contribution in [0.5, 0.6) is 0 Å². The second-order valence-corrected chi connectivity index (χ2v) is 2.47. The van der Waals surface area contributed by atoms with Crippen LogP contribution >= 0.6 is 0 Å². The maximum absolute atomic E-state index is 10.9. The minimum Gasteiger partial charge on any atom is -0.480 e. The average Bonchev–Trinajstić information content (AvgIpc) is 2.10. The van der Waals surface area contributed by atoms with E-state index in [1.54, 1.807) is 0 Å². The molecule has 0 aliphatic carbocycles. The number of nitrogens with one attached hydrogen (secondary N) is 1. The Labute approximate surface area is 77.0 Å². The largest absolute Gasteiger partial charge is 0.480 e. The zero-order chi connectivity index (χ0) is 9.68. The van der Waals surface area contributed by atoms with Crippen molar-refractivity contribution in [2.75, 3.05) is 6.61 Å². The van der Waals surface area contributed by atoms with Gasteiger partial charge in [-0.3, -0.25) is 4.79 Å². The van der Waals surface area contributed by atoms with E-state index in [1.807, 2.05) is 13.0 Å². The first-order valence-corrected chi connectivity index (χ1v) is 4.09. The Morgan fingerprint density at radius 3 is 3.15 bits per heavy atom. The van der Waals surface area contributed by atoms with Crippen LogP contribution in [0.25, 0.3) is 0 Å². The maximum Gasteiger partial charge on any atom is 0.263 e. The molecule has 1 aliphatic heterocycles. The van der Waals surface area contributed by atoms with Crippen molar-refractivity contribution < 1.29 is 9.53 Å². The molecule has 0 aromatic carbocycles. The van der Waals surface area contributed by atoms with Crippen molar-refractivity contribution in [1.29, 1.82) is 0 Å². The van der Waals surface area contributed by atoms with E-state index in [1.165, 1.54) is 6.20 Å². The van der Waals surface area contributed by atoms with Crippen molar-refractivity contribution in [2.45, 2.75) is 13.3 Å². The van der Waals surface area contributed by atoms with E-state index in [0.29, 0.717) is 11.6 Å². The molecule has 0 saturated carbocycles. The third kappa shape index (κ3) is 2.43. The second-order valence-electron chi connectivity index (χ2n) is 2.47. The van der Waals surface area contributed by atoms with Gasteiger partial charge < -0.3 is 10.1 Å². The van der Waals surface area contributed by atoms with Gasteiger partial charge in [-0.05, 0) is 12.5 Å². The molecule has 1 amide bonds. The molecule has 1 saturated heterocycles. The summed E-state index contributed by atoms with van der Waals surface area (Å²) in [5.74, 6) is 0.865. The number of amidine groups is 1. The van der Waals surface area contributed by atoms with Crippen molar-refractivity contribution in [1.82, 2.24) is 5.32 Å². The van der Waals surface area contributed by atoms with E-state index in [0.717, 1.165) is 6.42 Å². The van der Waals surface area contributed by atoms with Crippen LogP contribution in [0.15, 0.2) is 29.6 Å². The summed E-state index contributed by atoms with van der Waals surface area (Å²) in [6, 6.07) is 0. The highest BCUT2D eigenvalue weighted by Gasteiger charge is 2.18. The summed E-state index contributed by atoms with van der Waals surface area (Å²) in [4.78, 5) is 14.8. The minimum atomic E-state index is -0.186. The topological polar surface area (TPSA) is 50.7 Å². The van der Waals surface area contributed by atoms with Gasteiger partial charge in [-0.25, -0.2) is 4.99 Å². The second kappa shape index (κ2) is 4.45. The predicted octanol–water partition coefficient (Wildman–Crippen LogP) is 0.969. The Hall–Kier alpha value is -1.58. The number of carbonyl (C=O) groups is 1. The van der Waals surface area contributed by atoms with E-state index in [4.69, 9.17) is 4.74 Å². The maximum atomic E-state index is 10.9. The Bertz CT molecular complexity index is 279. The number of aliphatic imine (C=N–C) groups is 1. The number of allylic oxidation sites excluding steroid dienone is 1. The Kier molecular flexibility index (Phi) is 3.25. The normalized spacial score (nSPS) is 22.7. The number of hydrogen-bond donors (Lipinski definition) is 1. The summed E-state index contributed by atoms with van der Waals surface area (Å²) < 4.78 is 5.17. The quantitative estimate of drug-likeness (QED) is 0.688. The van der Waals surface area contributed by atoms with E-state index < -0.39 is 0 Å². The van der Waals surface area contributed by atoms with E-state index >= 15 is 0 Å².